The van der Waals surface area contributed by atoms with E-state index in [4.69, 9.17) is 0 Å². The Kier molecular flexibility index (Phi) is 3.91. The monoisotopic (exact) mass is 235 g/mol. The highest BCUT2D eigenvalue weighted by molar-refractivity contribution is 5.39. The molecule has 1 fully saturated rings. The van der Waals surface area contributed by atoms with E-state index < -0.39 is 0 Å². The Morgan fingerprint density at radius 2 is 2.24 bits per heavy atom. The average molecular weight is 235 g/mol. The number of hydrogen-bond donors (Lipinski definition) is 1. The summed E-state index contributed by atoms with van der Waals surface area (Å²) >= 11 is 0. The number of rotatable bonds is 4. The highest BCUT2D eigenvalue weighted by atomic mass is 15.3. The van der Waals surface area contributed by atoms with Crippen molar-refractivity contribution >= 4 is 5.82 Å². The lowest BCUT2D eigenvalue weighted by atomic mass is 10.2. The van der Waals surface area contributed by atoms with Crippen molar-refractivity contribution in [3.05, 3.63) is 17.8 Å². The fourth-order valence-electron chi connectivity index (χ4n) is 2.17. The van der Waals surface area contributed by atoms with Crippen LogP contribution in [0.25, 0.3) is 0 Å². The first kappa shape index (κ1) is 12.3. The van der Waals surface area contributed by atoms with Gasteiger partial charge in [-0.3, -0.25) is 0 Å². The smallest absolute Gasteiger partial charge is 0.151 e. The van der Waals surface area contributed by atoms with Crippen molar-refractivity contribution < 1.29 is 0 Å². The number of nitrogens with zero attached hydrogens (tertiary/aromatic N) is 4. The summed E-state index contributed by atoms with van der Waals surface area (Å²) in [5.74, 6) is 0.995. The molecule has 0 aromatic carbocycles. The minimum absolute atomic E-state index is 0.633. The Labute approximate surface area is 103 Å². The average Bonchev–Trinajstić information content (AvgIpc) is 2.80. The number of anilines is 1. The molecule has 1 saturated heterocycles. The summed E-state index contributed by atoms with van der Waals surface area (Å²) in [6.45, 7) is 2.89. The van der Waals surface area contributed by atoms with E-state index in [0.717, 1.165) is 31.1 Å². The lowest BCUT2D eigenvalue weighted by Gasteiger charge is -2.20. The van der Waals surface area contributed by atoms with Crippen LogP contribution in [0.4, 0.5) is 5.82 Å². The van der Waals surface area contributed by atoms with Gasteiger partial charge in [0.25, 0.3) is 0 Å². The van der Waals surface area contributed by atoms with Crippen LogP contribution in [0.3, 0.4) is 0 Å². The summed E-state index contributed by atoms with van der Waals surface area (Å²) in [5, 5.41) is 11.6. The second-order valence-corrected chi connectivity index (χ2v) is 4.77. The molecule has 1 aromatic rings. The summed E-state index contributed by atoms with van der Waals surface area (Å²) in [7, 11) is 6.18. The van der Waals surface area contributed by atoms with Gasteiger partial charge in [0.1, 0.15) is 0 Å². The first-order valence-corrected chi connectivity index (χ1v) is 6.09. The van der Waals surface area contributed by atoms with Crippen LogP contribution in [0, 0.1) is 0 Å². The summed E-state index contributed by atoms with van der Waals surface area (Å²) in [5.41, 5.74) is 0.986. The molecule has 0 saturated carbocycles. The number of nitrogens with one attached hydrogen (secondary N) is 1. The van der Waals surface area contributed by atoms with E-state index in [9.17, 15) is 0 Å². The Morgan fingerprint density at radius 1 is 1.41 bits per heavy atom. The van der Waals surface area contributed by atoms with Crippen LogP contribution in [-0.2, 0) is 6.54 Å². The van der Waals surface area contributed by atoms with Gasteiger partial charge >= 0.3 is 0 Å². The van der Waals surface area contributed by atoms with E-state index in [1.807, 2.05) is 13.1 Å². The van der Waals surface area contributed by atoms with E-state index in [0.29, 0.717) is 6.04 Å². The first-order chi connectivity index (χ1) is 8.20. The Hall–Kier alpha value is -1.20. The molecule has 17 heavy (non-hydrogen) atoms. The van der Waals surface area contributed by atoms with Crippen molar-refractivity contribution in [2.75, 3.05) is 39.1 Å². The van der Waals surface area contributed by atoms with Crippen LogP contribution < -0.4 is 10.2 Å². The molecule has 5 heteroatoms. The predicted octanol–water partition coefficient (Wildman–Crippen LogP) is 0.336. The predicted molar refractivity (Wildman–Crippen MR) is 69.1 cm³/mol. The third-order valence-corrected chi connectivity index (χ3v) is 3.28. The second-order valence-electron chi connectivity index (χ2n) is 4.77. The zero-order valence-electron chi connectivity index (χ0n) is 10.8. The van der Waals surface area contributed by atoms with Crippen molar-refractivity contribution in [2.45, 2.75) is 19.0 Å². The van der Waals surface area contributed by atoms with Crippen LogP contribution in [0.15, 0.2) is 12.1 Å². The molecule has 2 heterocycles. The second kappa shape index (κ2) is 5.42. The molecule has 0 amide bonds. The zero-order chi connectivity index (χ0) is 12.3. The van der Waals surface area contributed by atoms with E-state index in [1.54, 1.807) is 0 Å². The van der Waals surface area contributed by atoms with Crippen molar-refractivity contribution in [2.24, 2.45) is 0 Å². The highest BCUT2D eigenvalue weighted by Crippen LogP contribution is 2.19. The number of likely N-dealkylation sites (N-methyl/N-ethyl adjacent to an activating group) is 1. The van der Waals surface area contributed by atoms with Gasteiger partial charge in [-0.2, -0.15) is 5.10 Å². The van der Waals surface area contributed by atoms with Crippen molar-refractivity contribution in [3.63, 3.8) is 0 Å². The van der Waals surface area contributed by atoms with Gasteiger partial charge in [0, 0.05) is 25.7 Å². The van der Waals surface area contributed by atoms with Crippen molar-refractivity contribution in [1.82, 2.24) is 20.4 Å². The van der Waals surface area contributed by atoms with Crippen molar-refractivity contribution in [3.8, 4) is 0 Å². The summed E-state index contributed by atoms with van der Waals surface area (Å²) in [4.78, 5) is 4.59. The SMILES string of the molecule is CNCc1ccc(N2CCC(N(C)C)C2)nn1. The molecule has 2 rings (SSSR count). The Morgan fingerprint density at radius 3 is 2.76 bits per heavy atom. The van der Waals surface area contributed by atoms with Crippen LogP contribution in [0.1, 0.15) is 12.1 Å². The lowest BCUT2D eigenvalue weighted by molar-refractivity contribution is 0.315. The van der Waals surface area contributed by atoms with Gasteiger partial charge in [-0.05, 0) is 39.7 Å². The van der Waals surface area contributed by atoms with E-state index >= 15 is 0 Å². The largest absolute Gasteiger partial charge is 0.354 e. The lowest BCUT2D eigenvalue weighted by Crippen LogP contribution is -2.31. The fraction of sp³-hybridized carbons (Fsp3) is 0.667. The Bertz CT molecular complexity index is 348. The van der Waals surface area contributed by atoms with Crippen LogP contribution in [0.2, 0.25) is 0 Å². The molecule has 0 aliphatic carbocycles. The quantitative estimate of drug-likeness (QED) is 0.815. The molecule has 1 atom stereocenters. The van der Waals surface area contributed by atoms with E-state index in [2.05, 4.69) is 45.5 Å². The maximum absolute atomic E-state index is 4.29. The van der Waals surface area contributed by atoms with Crippen LogP contribution in [-0.4, -0.2) is 55.4 Å². The molecule has 1 aliphatic rings. The molecule has 0 bridgehead atoms. The third kappa shape index (κ3) is 2.92. The van der Waals surface area contributed by atoms with Gasteiger partial charge in [0.2, 0.25) is 0 Å². The highest BCUT2D eigenvalue weighted by Gasteiger charge is 2.24. The molecule has 0 radical (unpaired) electrons. The molecule has 1 unspecified atom stereocenters. The first-order valence-electron chi connectivity index (χ1n) is 6.09. The normalized spacial score (nSPS) is 20.2. The molecule has 0 spiro atoms. The molecule has 1 N–H and O–H groups in total. The summed E-state index contributed by atoms with van der Waals surface area (Å²) in [6, 6.07) is 4.74. The molecule has 5 nitrogen and oxygen atoms in total. The van der Waals surface area contributed by atoms with Gasteiger partial charge in [-0.25, -0.2) is 0 Å². The minimum atomic E-state index is 0.633. The molecular weight excluding hydrogens is 214 g/mol. The maximum Gasteiger partial charge on any atom is 0.151 e. The van der Waals surface area contributed by atoms with Gasteiger partial charge < -0.3 is 15.1 Å². The fourth-order valence-corrected chi connectivity index (χ4v) is 2.17. The summed E-state index contributed by atoms with van der Waals surface area (Å²) < 4.78 is 0. The van der Waals surface area contributed by atoms with Gasteiger partial charge in [0.15, 0.2) is 5.82 Å². The topological polar surface area (TPSA) is 44.3 Å². The standard InChI is InChI=1S/C12H21N5/c1-13-8-10-4-5-12(15-14-10)17-7-6-11(9-17)16(2)3/h4-5,11,13H,6-9H2,1-3H3. The maximum atomic E-state index is 4.29. The molecule has 1 aromatic heterocycles. The van der Waals surface area contributed by atoms with Gasteiger partial charge in [-0.15, -0.1) is 5.10 Å². The molecule has 1 aliphatic heterocycles. The van der Waals surface area contributed by atoms with Crippen LogP contribution >= 0.6 is 0 Å². The number of aromatic nitrogens is 2. The molecule has 94 valence electrons. The van der Waals surface area contributed by atoms with E-state index in [1.165, 1.54) is 6.42 Å². The third-order valence-electron chi connectivity index (χ3n) is 3.28. The zero-order valence-corrected chi connectivity index (χ0v) is 10.8. The Balaban J connectivity index is 1.99. The van der Waals surface area contributed by atoms with Gasteiger partial charge in [-0.1, -0.05) is 0 Å². The minimum Gasteiger partial charge on any atom is -0.354 e. The summed E-state index contributed by atoms with van der Waals surface area (Å²) in [6.07, 6.45) is 1.20. The van der Waals surface area contributed by atoms with E-state index in [-0.39, 0.29) is 0 Å². The molecular formula is C12H21N5. The van der Waals surface area contributed by atoms with Crippen molar-refractivity contribution in [1.29, 1.82) is 0 Å². The van der Waals surface area contributed by atoms with Crippen LogP contribution in [0.5, 0.6) is 0 Å². The van der Waals surface area contributed by atoms with Gasteiger partial charge in [0.05, 0.1) is 5.69 Å². The number of hydrogen-bond acceptors (Lipinski definition) is 5.